The molecular formula is C4H9N5O. The van der Waals surface area contributed by atoms with Crippen molar-refractivity contribution in [1.29, 1.82) is 5.53 Å². The monoisotopic (exact) mass is 143 g/mol. The minimum absolute atomic E-state index is 0.362. The van der Waals surface area contributed by atoms with E-state index in [1.54, 1.807) is 0 Å². The van der Waals surface area contributed by atoms with Crippen LogP contribution < -0.4 is 11.0 Å². The van der Waals surface area contributed by atoms with E-state index >= 15 is 0 Å². The Labute approximate surface area is 58.3 Å². The SMILES string of the molecule is C=CC(=O)NN(C)NN=N. The van der Waals surface area contributed by atoms with Crippen LogP contribution in [0.2, 0.25) is 0 Å². The second kappa shape index (κ2) is 4.45. The first-order chi connectivity index (χ1) is 4.70. The van der Waals surface area contributed by atoms with Gasteiger partial charge in [-0.1, -0.05) is 11.8 Å². The van der Waals surface area contributed by atoms with Crippen molar-refractivity contribution in [3.05, 3.63) is 12.7 Å². The molecule has 0 unspecified atom stereocenters. The molecule has 0 aromatic heterocycles. The Morgan fingerprint density at radius 2 is 2.50 bits per heavy atom. The fourth-order valence-corrected chi connectivity index (χ4v) is 0.311. The summed E-state index contributed by atoms with van der Waals surface area (Å²) in [4.78, 5) is 10.5. The fraction of sp³-hybridized carbons (Fsp3) is 0.250. The van der Waals surface area contributed by atoms with E-state index in [0.29, 0.717) is 0 Å². The normalized spacial score (nSPS) is 8.60. The second-order valence-corrected chi connectivity index (χ2v) is 1.45. The van der Waals surface area contributed by atoms with E-state index in [4.69, 9.17) is 5.53 Å². The minimum Gasteiger partial charge on any atom is -0.269 e. The number of amides is 1. The molecule has 0 saturated heterocycles. The summed E-state index contributed by atoms with van der Waals surface area (Å²) >= 11 is 0. The highest BCUT2D eigenvalue weighted by Gasteiger charge is 1.96. The van der Waals surface area contributed by atoms with Crippen molar-refractivity contribution in [3.8, 4) is 0 Å². The number of nitrogens with one attached hydrogen (secondary N) is 3. The summed E-state index contributed by atoms with van der Waals surface area (Å²) in [6.45, 7) is 3.23. The third-order valence-electron chi connectivity index (χ3n) is 0.663. The quantitative estimate of drug-likeness (QED) is 0.284. The van der Waals surface area contributed by atoms with Crippen molar-refractivity contribution in [2.75, 3.05) is 7.05 Å². The first kappa shape index (κ1) is 8.57. The fourth-order valence-electron chi connectivity index (χ4n) is 0.311. The Kier molecular flexibility index (Phi) is 3.81. The van der Waals surface area contributed by atoms with Gasteiger partial charge in [-0.05, 0) is 6.08 Å². The highest BCUT2D eigenvalue weighted by Crippen LogP contribution is 1.69. The van der Waals surface area contributed by atoms with Gasteiger partial charge in [-0.3, -0.25) is 10.2 Å². The molecule has 0 bridgehead atoms. The van der Waals surface area contributed by atoms with E-state index in [2.05, 4.69) is 22.8 Å². The van der Waals surface area contributed by atoms with E-state index in [9.17, 15) is 4.79 Å². The van der Waals surface area contributed by atoms with Crippen molar-refractivity contribution in [1.82, 2.24) is 16.1 Å². The van der Waals surface area contributed by atoms with Crippen LogP contribution in [0.4, 0.5) is 0 Å². The van der Waals surface area contributed by atoms with Crippen LogP contribution in [0.5, 0.6) is 0 Å². The number of rotatable bonds is 4. The summed E-state index contributed by atoms with van der Waals surface area (Å²) in [6.07, 6.45) is 1.11. The lowest BCUT2D eigenvalue weighted by atomic mass is 10.6. The van der Waals surface area contributed by atoms with Crippen LogP contribution in [0.3, 0.4) is 0 Å². The Balaban J connectivity index is 3.55. The van der Waals surface area contributed by atoms with Crippen molar-refractivity contribution < 1.29 is 4.79 Å². The van der Waals surface area contributed by atoms with Crippen LogP contribution in [0.25, 0.3) is 0 Å². The zero-order valence-corrected chi connectivity index (χ0v) is 5.59. The van der Waals surface area contributed by atoms with Gasteiger partial charge in [-0.15, -0.1) is 5.12 Å². The van der Waals surface area contributed by atoms with Crippen LogP contribution >= 0.6 is 0 Å². The van der Waals surface area contributed by atoms with Crippen molar-refractivity contribution >= 4 is 5.91 Å². The Morgan fingerprint density at radius 1 is 1.90 bits per heavy atom. The summed E-state index contributed by atoms with van der Waals surface area (Å²) in [7, 11) is 1.50. The highest BCUT2D eigenvalue weighted by atomic mass is 16.2. The van der Waals surface area contributed by atoms with Crippen LogP contribution in [0.15, 0.2) is 17.9 Å². The third kappa shape index (κ3) is 3.56. The molecule has 0 aliphatic heterocycles. The molecule has 0 saturated carbocycles. The molecular weight excluding hydrogens is 134 g/mol. The average Bonchev–Trinajstić information content (AvgIpc) is 1.88. The Morgan fingerprint density at radius 3 is 2.90 bits per heavy atom. The molecule has 1 amide bonds. The number of hydrogen-bond acceptors (Lipinski definition) is 4. The van der Waals surface area contributed by atoms with Crippen LogP contribution in [-0.2, 0) is 4.79 Å². The van der Waals surface area contributed by atoms with Crippen molar-refractivity contribution in [3.63, 3.8) is 0 Å². The molecule has 0 rings (SSSR count). The number of hydrazine groups is 2. The predicted octanol–water partition coefficient (Wildman–Crippen LogP) is -0.414. The zero-order valence-electron chi connectivity index (χ0n) is 5.59. The molecule has 0 spiro atoms. The van der Waals surface area contributed by atoms with Crippen LogP contribution in [0.1, 0.15) is 0 Å². The van der Waals surface area contributed by atoms with Gasteiger partial charge in [0.2, 0.25) is 0 Å². The Bertz CT molecular complexity index is 145. The highest BCUT2D eigenvalue weighted by molar-refractivity contribution is 5.86. The molecule has 6 nitrogen and oxygen atoms in total. The topological polar surface area (TPSA) is 80.6 Å². The molecule has 0 aliphatic carbocycles. The van der Waals surface area contributed by atoms with Gasteiger partial charge in [0.15, 0.2) is 0 Å². The molecule has 10 heavy (non-hydrogen) atoms. The maximum atomic E-state index is 10.5. The van der Waals surface area contributed by atoms with E-state index in [1.807, 2.05) is 0 Å². The van der Waals surface area contributed by atoms with E-state index in [-0.39, 0.29) is 5.91 Å². The molecule has 0 atom stereocenters. The summed E-state index contributed by atoms with van der Waals surface area (Å²) < 4.78 is 0. The maximum Gasteiger partial charge on any atom is 0.259 e. The number of hydrogen-bond donors (Lipinski definition) is 3. The van der Waals surface area contributed by atoms with Gasteiger partial charge in [0.05, 0.1) is 0 Å². The van der Waals surface area contributed by atoms with Gasteiger partial charge in [-0.2, -0.15) is 5.53 Å². The molecule has 0 fully saturated rings. The van der Waals surface area contributed by atoms with E-state index in [0.717, 1.165) is 11.2 Å². The smallest absolute Gasteiger partial charge is 0.259 e. The third-order valence-corrected chi connectivity index (χ3v) is 0.663. The summed E-state index contributed by atoms with van der Waals surface area (Å²) in [5, 5.41) is 3.94. The predicted molar refractivity (Wildman–Crippen MR) is 34.4 cm³/mol. The molecule has 6 heteroatoms. The van der Waals surface area contributed by atoms with Gasteiger partial charge in [0, 0.05) is 7.05 Å². The standard InChI is InChI=1S/C4H9N5O/c1-3-4(10)6-9(2)8-7-5/h3H,1H2,2H3,(H2,5,8)(H,6,10). The van der Waals surface area contributed by atoms with Crippen molar-refractivity contribution in [2.45, 2.75) is 0 Å². The summed E-state index contributed by atoms with van der Waals surface area (Å²) in [5.41, 5.74) is 10.8. The lowest BCUT2D eigenvalue weighted by molar-refractivity contribution is -0.121. The van der Waals surface area contributed by atoms with Gasteiger partial charge < -0.3 is 0 Å². The lowest BCUT2D eigenvalue weighted by Gasteiger charge is -2.13. The second-order valence-electron chi connectivity index (χ2n) is 1.45. The van der Waals surface area contributed by atoms with Gasteiger partial charge in [-0.25, -0.2) is 5.53 Å². The molecule has 0 aromatic rings. The number of carbonyl (C=O) groups is 1. The molecule has 0 radical (unpaired) electrons. The molecule has 0 aromatic carbocycles. The molecule has 56 valence electrons. The van der Waals surface area contributed by atoms with E-state index < -0.39 is 0 Å². The van der Waals surface area contributed by atoms with E-state index in [1.165, 1.54) is 7.05 Å². The van der Waals surface area contributed by atoms with Crippen LogP contribution in [0, 0.1) is 5.53 Å². The van der Waals surface area contributed by atoms with Gasteiger partial charge >= 0.3 is 0 Å². The largest absolute Gasteiger partial charge is 0.269 e. The summed E-state index contributed by atoms with van der Waals surface area (Å²) in [6, 6.07) is 0. The molecule has 0 aliphatic rings. The van der Waals surface area contributed by atoms with Gasteiger partial charge in [0.25, 0.3) is 5.91 Å². The van der Waals surface area contributed by atoms with Gasteiger partial charge in [0.1, 0.15) is 0 Å². The number of carbonyl (C=O) groups excluding carboxylic acids is 1. The Hall–Kier alpha value is -1.43. The zero-order chi connectivity index (χ0) is 7.98. The van der Waals surface area contributed by atoms with Crippen molar-refractivity contribution in [2.24, 2.45) is 5.22 Å². The number of nitrogens with zero attached hydrogens (tertiary/aromatic N) is 2. The minimum atomic E-state index is -0.362. The maximum absolute atomic E-state index is 10.5. The molecule has 0 heterocycles. The first-order valence-corrected chi connectivity index (χ1v) is 2.49. The van der Waals surface area contributed by atoms with Crippen LogP contribution in [-0.4, -0.2) is 18.1 Å². The molecule has 3 N–H and O–H groups in total. The average molecular weight is 143 g/mol. The first-order valence-electron chi connectivity index (χ1n) is 2.49. The lowest BCUT2D eigenvalue weighted by Crippen LogP contribution is -2.44. The summed E-state index contributed by atoms with van der Waals surface area (Å²) in [5.74, 6) is -0.362.